The van der Waals surface area contributed by atoms with Gasteiger partial charge >= 0.3 is 0 Å². The van der Waals surface area contributed by atoms with Crippen LogP contribution in [0.1, 0.15) is 15.9 Å². The third-order valence-corrected chi connectivity index (χ3v) is 3.70. The first-order chi connectivity index (χ1) is 10.6. The highest BCUT2D eigenvalue weighted by Gasteiger charge is 2.13. The highest BCUT2D eigenvalue weighted by atomic mass is 35.5. The summed E-state index contributed by atoms with van der Waals surface area (Å²) in [5.74, 6) is -0.518. The van der Waals surface area contributed by atoms with Crippen LogP contribution in [0.15, 0.2) is 53.6 Å². The predicted octanol–water partition coefficient (Wildman–Crippen LogP) is 2.91. The molecule has 0 fully saturated rings. The lowest BCUT2D eigenvalue weighted by molar-refractivity contribution is 0.102. The zero-order chi connectivity index (χ0) is 15.7. The molecule has 0 unspecified atom stereocenters. The van der Waals surface area contributed by atoms with Crippen molar-refractivity contribution in [3.63, 3.8) is 0 Å². The van der Waals surface area contributed by atoms with Gasteiger partial charge in [0, 0.05) is 23.1 Å². The van der Waals surface area contributed by atoms with Crippen LogP contribution in [-0.4, -0.2) is 15.3 Å². The average molecular weight is 314 g/mol. The number of carbonyl (C=O) groups is 1. The van der Waals surface area contributed by atoms with Crippen molar-refractivity contribution in [3.05, 3.63) is 75.3 Å². The first-order valence-electron chi connectivity index (χ1n) is 6.60. The van der Waals surface area contributed by atoms with Crippen molar-refractivity contribution < 1.29 is 4.79 Å². The number of pyridine rings is 1. The second-order valence-corrected chi connectivity index (χ2v) is 5.23. The van der Waals surface area contributed by atoms with Crippen LogP contribution in [0.5, 0.6) is 0 Å². The molecular weight excluding hydrogens is 302 g/mol. The average Bonchev–Trinajstić information content (AvgIpc) is 2.51. The normalized spacial score (nSPS) is 10.6. The van der Waals surface area contributed by atoms with Crippen molar-refractivity contribution in [2.45, 2.75) is 6.92 Å². The Bertz CT molecular complexity index is 934. The van der Waals surface area contributed by atoms with Gasteiger partial charge in [0.2, 0.25) is 0 Å². The van der Waals surface area contributed by atoms with Crippen molar-refractivity contribution >= 4 is 28.8 Å². The molecule has 1 aromatic carbocycles. The van der Waals surface area contributed by atoms with Crippen LogP contribution in [0.4, 0.5) is 5.69 Å². The van der Waals surface area contributed by atoms with Crippen LogP contribution in [0.25, 0.3) is 5.65 Å². The number of nitrogens with one attached hydrogen (secondary N) is 1. The second kappa shape index (κ2) is 5.61. The Hall–Kier alpha value is -2.66. The fraction of sp³-hybridized carbons (Fsp3) is 0.0625. The Morgan fingerprint density at radius 2 is 2.09 bits per heavy atom. The number of carbonyl (C=O) groups excluding carboxylic acids is 1. The number of rotatable bonds is 2. The molecule has 1 amide bonds. The molecule has 2 heterocycles. The Kier molecular flexibility index (Phi) is 3.65. The number of nitrogens with zero attached hydrogens (tertiary/aromatic N) is 2. The molecule has 2 aromatic heterocycles. The van der Waals surface area contributed by atoms with Crippen molar-refractivity contribution in [1.29, 1.82) is 0 Å². The number of benzene rings is 1. The van der Waals surface area contributed by atoms with Gasteiger partial charge in [-0.15, -0.1) is 0 Å². The fourth-order valence-electron chi connectivity index (χ4n) is 2.05. The van der Waals surface area contributed by atoms with E-state index in [-0.39, 0.29) is 5.56 Å². The molecule has 0 aliphatic rings. The molecule has 0 saturated heterocycles. The first-order valence-corrected chi connectivity index (χ1v) is 6.98. The van der Waals surface area contributed by atoms with Crippen LogP contribution in [0.2, 0.25) is 5.02 Å². The third kappa shape index (κ3) is 2.58. The van der Waals surface area contributed by atoms with Crippen molar-refractivity contribution in [1.82, 2.24) is 9.38 Å². The van der Waals surface area contributed by atoms with E-state index in [1.54, 1.807) is 42.6 Å². The summed E-state index contributed by atoms with van der Waals surface area (Å²) in [6.45, 7) is 1.87. The van der Waals surface area contributed by atoms with Crippen LogP contribution in [0, 0.1) is 6.92 Å². The molecule has 6 heteroatoms. The number of fused-ring (bicyclic) bond motifs is 1. The van der Waals surface area contributed by atoms with Gasteiger partial charge in [-0.2, -0.15) is 0 Å². The van der Waals surface area contributed by atoms with E-state index in [1.165, 1.54) is 10.6 Å². The van der Waals surface area contributed by atoms with Gasteiger partial charge in [-0.05, 0) is 36.8 Å². The highest BCUT2D eigenvalue weighted by Crippen LogP contribution is 2.20. The monoisotopic (exact) mass is 313 g/mol. The van der Waals surface area contributed by atoms with E-state index in [9.17, 15) is 9.59 Å². The molecule has 0 aliphatic heterocycles. The number of hydrogen-bond acceptors (Lipinski definition) is 3. The van der Waals surface area contributed by atoms with E-state index in [4.69, 9.17) is 11.6 Å². The van der Waals surface area contributed by atoms with E-state index in [1.807, 2.05) is 6.92 Å². The second-order valence-electron chi connectivity index (χ2n) is 4.82. The molecule has 0 radical (unpaired) electrons. The Labute approximate surface area is 131 Å². The lowest BCUT2D eigenvalue weighted by Crippen LogP contribution is -2.26. The van der Waals surface area contributed by atoms with E-state index >= 15 is 0 Å². The van der Waals surface area contributed by atoms with Crippen molar-refractivity contribution in [3.8, 4) is 0 Å². The molecule has 0 atom stereocenters. The summed E-state index contributed by atoms with van der Waals surface area (Å²) in [4.78, 5) is 28.7. The number of aryl methyl sites for hydroxylation is 1. The molecule has 0 spiro atoms. The molecule has 3 aromatic rings. The van der Waals surface area contributed by atoms with Crippen LogP contribution in [-0.2, 0) is 0 Å². The smallest absolute Gasteiger partial charge is 0.270 e. The molecule has 110 valence electrons. The van der Waals surface area contributed by atoms with Crippen LogP contribution in [0.3, 0.4) is 0 Å². The van der Waals surface area contributed by atoms with Gasteiger partial charge in [0.05, 0.1) is 0 Å². The molecular formula is C16H12ClN3O2. The number of hydrogen-bond donors (Lipinski definition) is 1. The molecule has 5 nitrogen and oxygen atoms in total. The SMILES string of the molecule is Cc1ccc(NC(=O)c2cnc3ccccn3c2=O)cc1Cl. The van der Waals surface area contributed by atoms with Crippen molar-refractivity contribution in [2.24, 2.45) is 0 Å². The number of halogens is 1. The summed E-state index contributed by atoms with van der Waals surface area (Å²) in [6.07, 6.45) is 2.85. The number of anilines is 1. The van der Waals surface area contributed by atoms with Gasteiger partial charge in [0.15, 0.2) is 0 Å². The van der Waals surface area contributed by atoms with E-state index in [2.05, 4.69) is 10.3 Å². The Balaban J connectivity index is 1.97. The van der Waals surface area contributed by atoms with Gasteiger partial charge in [-0.1, -0.05) is 23.7 Å². The van der Waals surface area contributed by atoms with Gasteiger partial charge in [-0.25, -0.2) is 4.98 Å². The maximum Gasteiger partial charge on any atom is 0.270 e. The molecule has 0 aliphatic carbocycles. The van der Waals surface area contributed by atoms with Gasteiger partial charge < -0.3 is 5.32 Å². The summed E-state index contributed by atoms with van der Waals surface area (Å²) in [6, 6.07) is 10.3. The first kappa shape index (κ1) is 14.3. The van der Waals surface area contributed by atoms with E-state index < -0.39 is 11.5 Å². The summed E-state index contributed by atoms with van der Waals surface area (Å²) >= 11 is 6.02. The highest BCUT2D eigenvalue weighted by molar-refractivity contribution is 6.31. The maximum absolute atomic E-state index is 12.3. The Morgan fingerprint density at radius 3 is 2.86 bits per heavy atom. The zero-order valence-corrected chi connectivity index (χ0v) is 12.5. The summed E-state index contributed by atoms with van der Waals surface area (Å²) in [7, 11) is 0. The molecule has 1 N–H and O–H groups in total. The largest absolute Gasteiger partial charge is 0.322 e. The minimum absolute atomic E-state index is 0.0274. The van der Waals surface area contributed by atoms with Crippen LogP contribution < -0.4 is 10.9 Å². The third-order valence-electron chi connectivity index (χ3n) is 3.29. The summed E-state index contributed by atoms with van der Waals surface area (Å²) in [5.41, 5.74) is 1.48. The molecule has 0 bridgehead atoms. The fourth-order valence-corrected chi connectivity index (χ4v) is 2.23. The molecule has 3 rings (SSSR count). The number of amides is 1. The summed E-state index contributed by atoms with van der Waals surface area (Å²) in [5, 5.41) is 3.20. The minimum Gasteiger partial charge on any atom is -0.322 e. The topological polar surface area (TPSA) is 63.5 Å². The molecule has 22 heavy (non-hydrogen) atoms. The van der Waals surface area contributed by atoms with E-state index in [0.717, 1.165) is 5.56 Å². The van der Waals surface area contributed by atoms with E-state index in [0.29, 0.717) is 16.4 Å². The summed E-state index contributed by atoms with van der Waals surface area (Å²) < 4.78 is 1.33. The lowest BCUT2D eigenvalue weighted by atomic mass is 10.2. The predicted molar refractivity (Wildman–Crippen MR) is 85.6 cm³/mol. The number of aromatic nitrogens is 2. The maximum atomic E-state index is 12.3. The van der Waals surface area contributed by atoms with Gasteiger partial charge in [0.25, 0.3) is 11.5 Å². The minimum atomic E-state index is -0.518. The quantitative estimate of drug-likeness (QED) is 0.791. The standard InChI is InChI=1S/C16H12ClN3O2/c1-10-5-6-11(8-13(10)17)19-15(21)12-9-18-14-4-2-3-7-20(14)16(12)22/h2-9H,1H3,(H,19,21). The van der Waals surface area contributed by atoms with Gasteiger partial charge in [-0.3, -0.25) is 14.0 Å². The van der Waals surface area contributed by atoms with Crippen molar-refractivity contribution in [2.75, 3.05) is 5.32 Å². The zero-order valence-electron chi connectivity index (χ0n) is 11.7. The Morgan fingerprint density at radius 1 is 1.27 bits per heavy atom. The van der Waals surface area contributed by atoms with Crippen LogP contribution >= 0.6 is 11.6 Å². The molecule has 0 saturated carbocycles. The van der Waals surface area contributed by atoms with Gasteiger partial charge in [0.1, 0.15) is 11.2 Å². The lowest BCUT2D eigenvalue weighted by Gasteiger charge is -2.07.